The van der Waals surface area contributed by atoms with Crippen molar-refractivity contribution in [1.29, 1.82) is 10.5 Å². The Labute approximate surface area is 311 Å². The first-order valence-corrected chi connectivity index (χ1v) is 15.1. The van der Waals surface area contributed by atoms with E-state index in [2.05, 4.69) is 71.6 Å². The molecule has 0 amide bonds. The number of hydrogen-bond acceptors (Lipinski definition) is 10. The smallest absolute Gasteiger partial charge is 0.332 e. The summed E-state index contributed by atoms with van der Waals surface area (Å²) >= 11 is 0. The van der Waals surface area contributed by atoms with Gasteiger partial charge < -0.3 is 18.9 Å². The van der Waals surface area contributed by atoms with Crippen LogP contribution in [-0.4, -0.2) is 51.3 Å². The van der Waals surface area contributed by atoms with Crippen molar-refractivity contribution in [3.8, 4) is 12.1 Å². The van der Waals surface area contributed by atoms with Crippen LogP contribution in [-0.2, 0) is 38.1 Å². The van der Waals surface area contributed by atoms with Gasteiger partial charge in [0.2, 0.25) is 0 Å². The third-order valence-corrected chi connectivity index (χ3v) is 4.23. The van der Waals surface area contributed by atoms with E-state index < -0.39 is 0 Å². The summed E-state index contributed by atoms with van der Waals surface area (Å²) in [7, 11) is 2.66. The van der Waals surface area contributed by atoms with Crippen molar-refractivity contribution in [2.24, 2.45) is 0 Å². The van der Waals surface area contributed by atoms with Crippen molar-refractivity contribution in [3.63, 3.8) is 0 Å². The largest absolute Gasteiger partial charge is 0.466 e. The molecule has 2 aromatic carbocycles. The van der Waals surface area contributed by atoms with Gasteiger partial charge in [0.15, 0.2) is 0 Å². The number of nitrogens with zero attached hydrogens (tertiary/aromatic N) is 2. The Balaban J connectivity index is -0.000000118. The Bertz CT molecular complexity index is 1300. The highest BCUT2D eigenvalue weighted by atomic mass is 16.5. The highest BCUT2D eigenvalue weighted by Crippen LogP contribution is 1.98. The third kappa shape index (κ3) is 55.6. The van der Waals surface area contributed by atoms with Crippen LogP contribution in [0.3, 0.4) is 0 Å². The monoisotopic (exact) mass is 714 g/mol. The molecule has 0 bridgehead atoms. The summed E-state index contributed by atoms with van der Waals surface area (Å²) in [5.41, 5.74) is 3.21. The lowest BCUT2D eigenvalue weighted by Crippen LogP contribution is -1.98. The molecule has 10 heteroatoms. The summed E-state index contributed by atoms with van der Waals surface area (Å²) in [6, 6.07) is 23.4. The van der Waals surface area contributed by atoms with Gasteiger partial charge in [0.05, 0.1) is 39.6 Å². The number of methoxy groups -OCH3 is 2. The number of carbonyl (C=O) groups is 4. The van der Waals surface area contributed by atoms with E-state index in [9.17, 15) is 19.2 Å². The van der Waals surface area contributed by atoms with Gasteiger partial charge in [-0.1, -0.05) is 125 Å². The topological polar surface area (TPSA) is 153 Å². The van der Waals surface area contributed by atoms with Gasteiger partial charge in [0.1, 0.15) is 0 Å². The zero-order valence-corrected chi connectivity index (χ0v) is 31.5. The summed E-state index contributed by atoms with van der Waals surface area (Å²) in [6.07, 6.45) is 8.31. The van der Waals surface area contributed by atoms with E-state index in [-0.39, 0.29) is 23.9 Å². The highest BCUT2D eigenvalue weighted by Gasteiger charge is 1.96. The molecule has 280 valence electrons. The normalized spacial score (nSPS) is 7.31. The predicted octanol–water partition coefficient (Wildman–Crippen LogP) is 8.99. The van der Waals surface area contributed by atoms with Gasteiger partial charge in [0, 0.05) is 35.5 Å². The quantitative estimate of drug-likeness (QED) is 0.112. The van der Waals surface area contributed by atoms with Crippen LogP contribution < -0.4 is 0 Å². The van der Waals surface area contributed by atoms with Gasteiger partial charge in [-0.3, -0.25) is 0 Å². The fourth-order valence-corrected chi connectivity index (χ4v) is 1.93. The Morgan fingerprint density at radius 1 is 0.596 bits per heavy atom. The number of carbonyl (C=O) groups excluding carboxylic acids is 4. The molecule has 10 nitrogen and oxygen atoms in total. The molecule has 2 aromatic rings. The minimum atomic E-state index is -0.359. The summed E-state index contributed by atoms with van der Waals surface area (Å²) in [5.74, 6) is -1.41. The number of esters is 4. The Hall–Kier alpha value is -6.78. The lowest BCUT2D eigenvalue weighted by molar-refractivity contribution is -0.138. The molecule has 0 N–H and O–H groups in total. The van der Waals surface area contributed by atoms with Crippen LogP contribution in [0.2, 0.25) is 0 Å². The molecule has 0 aliphatic carbocycles. The van der Waals surface area contributed by atoms with E-state index in [4.69, 9.17) is 10.5 Å². The molecular formula is C42H54N2O8. The fourth-order valence-electron chi connectivity index (χ4n) is 1.93. The van der Waals surface area contributed by atoms with Crippen LogP contribution in [0, 0.1) is 22.7 Å². The lowest BCUT2D eigenvalue weighted by Gasteiger charge is -1.91. The van der Waals surface area contributed by atoms with Gasteiger partial charge in [-0.25, -0.2) is 19.2 Å². The maximum absolute atomic E-state index is 10.2. The number of rotatable bonds is 8. The molecule has 0 radical (unpaired) electrons. The van der Waals surface area contributed by atoms with Crippen LogP contribution in [0.1, 0.15) is 38.8 Å². The second-order valence-electron chi connectivity index (χ2n) is 8.35. The minimum absolute atomic E-state index is 0.347. The first-order valence-electron chi connectivity index (χ1n) is 15.1. The van der Waals surface area contributed by atoms with Crippen LogP contribution in [0.25, 0.3) is 12.2 Å². The Morgan fingerprint density at radius 3 is 0.923 bits per heavy atom. The van der Waals surface area contributed by atoms with Crippen molar-refractivity contribution < 1.29 is 38.1 Å². The zero-order chi connectivity index (χ0) is 41.6. The van der Waals surface area contributed by atoms with Crippen molar-refractivity contribution >= 4 is 36.0 Å². The first kappa shape index (κ1) is 57.5. The SMILES string of the molecule is C=C(C)C(=O)OC.C=C(C)C(=O)OC.C=CC#N.C=CC#N.C=CC(=O)OCC.C=CC(=O)OCC.C=Cc1ccccc1.C=Cc1ccccc1. The van der Waals surface area contributed by atoms with Crippen molar-refractivity contribution in [2.45, 2.75) is 27.7 Å². The predicted molar refractivity (Wildman–Crippen MR) is 212 cm³/mol. The van der Waals surface area contributed by atoms with Crippen molar-refractivity contribution in [1.82, 2.24) is 0 Å². The molecule has 52 heavy (non-hydrogen) atoms. The molecule has 0 heterocycles. The number of hydrogen-bond donors (Lipinski definition) is 0. The van der Waals surface area contributed by atoms with E-state index in [1.165, 1.54) is 37.5 Å². The highest BCUT2D eigenvalue weighted by molar-refractivity contribution is 5.87. The molecule has 0 atom stereocenters. The number of benzene rings is 2. The molecule has 2 rings (SSSR count). The molecule has 0 aromatic heterocycles. The molecule has 0 unspecified atom stereocenters. The maximum atomic E-state index is 10.2. The maximum Gasteiger partial charge on any atom is 0.332 e. The molecule has 0 saturated heterocycles. The Kier molecular flexibility index (Phi) is 53.7. The molecule has 0 aliphatic rings. The van der Waals surface area contributed by atoms with E-state index in [1.54, 1.807) is 39.8 Å². The second-order valence-corrected chi connectivity index (χ2v) is 8.35. The van der Waals surface area contributed by atoms with E-state index >= 15 is 0 Å². The first-order chi connectivity index (χ1) is 24.7. The van der Waals surface area contributed by atoms with E-state index in [0.717, 1.165) is 12.2 Å². The van der Waals surface area contributed by atoms with Gasteiger partial charge >= 0.3 is 23.9 Å². The summed E-state index contributed by atoms with van der Waals surface area (Å²) in [4.78, 5) is 40.5. The molecule has 0 aliphatic heterocycles. The third-order valence-electron chi connectivity index (χ3n) is 4.23. The van der Waals surface area contributed by atoms with Crippen molar-refractivity contribution in [2.75, 3.05) is 27.4 Å². The summed E-state index contributed by atoms with van der Waals surface area (Å²) < 4.78 is 17.4. The van der Waals surface area contributed by atoms with E-state index in [1.807, 2.05) is 72.8 Å². The molecule has 0 fully saturated rings. The molecule has 0 spiro atoms. The zero-order valence-electron chi connectivity index (χ0n) is 31.5. The van der Waals surface area contributed by atoms with Gasteiger partial charge in [0.25, 0.3) is 0 Å². The average Bonchev–Trinajstić information content (AvgIpc) is 3.19. The minimum Gasteiger partial charge on any atom is -0.466 e. The number of ether oxygens (including phenoxy) is 4. The standard InChI is InChI=1S/2C8H8.4C5H8O2.2C3H3N/c2*1-2-8-6-4-3-5-7-8;2*1-4(2)5(6)7-3;2*1-3-5(6)7-4-2;2*1-2-3-4/h2*2-7H,1H2;2*1H2,2-3H3;2*3H,1,4H2,2H3;2*2H,1H2. The van der Waals surface area contributed by atoms with Gasteiger partial charge in [-0.05, 0) is 38.8 Å². The van der Waals surface area contributed by atoms with Crippen LogP contribution in [0.4, 0.5) is 0 Å². The van der Waals surface area contributed by atoms with Crippen LogP contribution in [0.15, 0.2) is 149 Å². The van der Waals surface area contributed by atoms with Crippen molar-refractivity contribution in [3.05, 3.63) is 160 Å². The average molecular weight is 715 g/mol. The second kappa shape index (κ2) is 48.6. The number of nitriles is 2. The summed E-state index contributed by atoms with van der Waals surface area (Å²) in [6.45, 7) is 34.2. The summed E-state index contributed by atoms with van der Waals surface area (Å²) in [5, 5.41) is 15.0. The molecular weight excluding hydrogens is 660 g/mol. The van der Waals surface area contributed by atoms with Gasteiger partial charge in [-0.2, -0.15) is 10.5 Å². The van der Waals surface area contributed by atoms with Crippen LogP contribution >= 0.6 is 0 Å². The van der Waals surface area contributed by atoms with E-state index in [0.29, 0.717) is 24.4 Å². The van der Waals surface area contributed by atoms with Crippen LogP contribution in [0.5, 0.6) is 0 Å². The fraction of sp³-hybridized carbons (Fsp3) is 0.190. The Morgan fingerprint density at radius 2 is 0.846 bits per heavy atom. The van der Waals surface area contributed by atoms with Gasteiger partial charge in [-0.15, -0.1) is 0 Å². The molecule has 0 saturated carbocycles. The lowest BCUT2D eigenvalue weighted by atomic mass is 10.2. The number of allylic oxidation sites excluding steroid dienone is 2.